The lowest BCUT2D eigenvalue weighted by atomic mass is 10.1. The van der Waals surface area contributed by atoms with Crippen LogP contribution in [0.5, 0.6) is 5.75 Å². The number of carbonyl (C=O) groups is 1. The van der Waals surface area contributed by atoms with Gasteiger partial charge in [-0.05, 0) is 61.4 Å². The molecule has 1 amide bonds. The normalized spacial score (nSPS) is 16.3. The first kappa shape index (κ1) is 19.9. The summed E-state index contributed by atoms with van der Waals surface area (Å²) in [5.74, 6) is 0.272. The first-order chi connectivity index (χ1) is 12.8. The predicted molar refractivity (Wildman–Crippen MR) is 106 cm³/mol. The van der Waals surface area contributed by atoms with E-state index in [0.717, 1.165) is 11.1 Å². The van der Waals surface area contributed by atoms with Crippen LogP contribution in [0.3, 0.4) is 0 Å². The molecule has 2 aromatic rings. The lowest BCUT2D eigenvalue weighted by molar-refractivity contribution is 0.0928. The van der Waals surface area contributed by atoms with Gasteiger partial charge in [0.25, 0.3) is 5.91 Å². The highest BCUT2D eigenvalue weighted by molar-refractivity contribution is 7.89. The Labute approximate surface area is 164 Å². The van der Waals surface area contributed by atoms with E-state index in [1.165, 1.54) is 22.8 Å². The molecule has 27 heavy (non-hydrogen) atoms. The van der Waals surface area contributed by atoms with E-state index in [4.69, 9.17) is 4.74 Å². The molecule has 1 aliphatic rings. The van der Waals surface area contributed by atoms with Crippen LogP contribution in [0.1, 0.15) is 33.6 Å². The summed E-state index contributed by atoms with van der Waals surface area (Å²) >= 11 is 1.40. The number of nitrogens with zero attached hydrogens (tertiary/aromatic N) is 1. The number of hydrogen-bond acceptors (Lipinski definition) is 5. The van der Waals surface area contributed by atoms with Gasteiger partial charge in [0.15, 0.2) is 0 Å². The number of piperidine rings is 1. The standard InChI is InChI=1S/C19H24N2O4S2/c1-13-11-16(25-3)18(12-14(13)2)27(23,24)21-8-6-15(7-9-21)20-19(22)17-5-4-10-26-17/h4-5,10-12,15H,6-9H2,1-3H3,(H,20,22). The highest BCUT2D eigenvalue weighted by Gasteiger charge is 2.32. The molecule has 1 fully saturated rings. The van der Waals surface area contributed by atoms with E-state index in [1.807, 2.05) is 25.3 Å². The largest absolute Gasteiger partial charge is 0.495 e. The quantitative estimate of drug-likeness (QED) is 0.825. The van der Waals surface area contributed by atoms with Crippen molar-refractivity contribution in [3.63, 3.8) is 0 Å². The average Bonchev–Trinajstić information content (AvgIpc) is 3.19. The van der Waals surface area contributed by atoms with Gasteiger partial charge < -0.3 is 10.1 Å². The van der Waals surface area contributed by atoms with Crippen molar-refractivity contribution >= 4 is 27.3 Å². The second-order valence-electron chi connectivity index (χ2n) is 6.72. The van der Waals surface area contributed by atoms with Crippen LogP contribution in [0.2, 0.25) is 0 Å². The number of rotatable bonds is 5. The summed E-state index contributed by atoms with van der Waals surface area (Å²) in [6.45, 7) is 4.55. The maximum absolute atomic E-state index is 13.1. The lowest BCUT2D eigenvalue weighted by Gasteiger charge is -2.32. The Hall–Kier alpha value is -1.90. The van der Waals surface area contributed by atoms with Crippen LogP contribution in [0.25, 0.3) is 0 Å². The van der Waals surface area contributed by atoms with Gasteiger partial charge in [-0.25, -0.2) is 8.42 Å². The monoisotopic (exact) mass is 408 g/mol. The first-order valence-corrected chi connectivity index (χ1v) is 11.1. The number of carbonyl (C=O) groups excluding carboxylic acids is 1. The smallest absolute Gasteiger partial charge is 0.261 e. The van der Waals surface area contributed by atoms with Gasteiger partial charge in [0.1, 0.15) is 10.6 Å². The van der Waals surface area contributed by atoms with E-state index in [0.29, 0.717) is 36.6 Å². The third-order valence-corrected chi connectivity index (χ3v) is 7.72. The van der Waals surface area contributed by atoms with Gasteiger partial charge in [0, 0.05) is 19.1 Å². The Morgan fingerprint density at radius 3 is 2.48 bits per heavy atom. The molecule has 146 valence electrons. The molecule has 6 nitrogen and oxygen atoms in total. The molecule has 3 rings (SSSR count). The molecule has 0 unspecified atom stereocenters. The van der Waals surface area contributed by atoms with Crippen molar-refractivity contribution in [1.29, 1.82) is 0 Å². The second kappa shape index (κ2) is 8.00. The van der Waals surface area contributed by atoms with E-state index in [9.17, 15) is 13.2 Å². The van der Waals surface area contributed by atoms with Crippen molar-refractivity contribution in [2.75, 3.05) is 20.2 Å². The topological polar surface area (TPSA) is 75.7 Å². The maximum atomic E-state index is 13.1. The van der Waals surface area contributed by atoms with Gasteiger partial charge in [-0.15, -0.1) is 11.3 Å². The van der Waals surface area contributed by atoms with Crippen molar-refractivity contribution < 1.29 is 17.9 Å². The van der Waals surface area contributed by atoms with Crippen LogP contribution in [0.15, 0.2) is 34.5 Å². The number of hydrogen-bond donors (Lipinski definition) is 1. The Kier molecular flexibility index (Phi) is 5.88. The average molecular weight is 409 g/mol. The molecule has 0 atom stereocenters. The van der Waals surface area contributed by atoms with E-state index in [2.05, 4.69) is 5.32 Å². The fourth-order valence-corrected chi connectivity index (χ4v) is 5.49. The van der Waals surface area contributed by atoms with Crippen molar-refractivity contribution in [2.45, 2.75) is 37.6 Å². The third-order valence-electron chi connectivity index (χ3n) is 4.93. The molecule has 0 aliphatic carbocycles. The number of ether oxygens (including phenoxy) is 1. The Morgan fingerprint density at radius 2 is 1.89 bits per heavy atom. The van der Waals surface area contributed by atoms with Crippen molar-refractivity contribution in [3.8, 4) is 5.75 Å². The summed E-state index contributed by atoms with van der Waals surface area (Å²) in [7, 11) is -2.16. The Balaban J connectivity index is 1.70. The van der Waals surface area contributed by atoms with Crippen LogP contribution >= 0.6 is 11.3 Å². The molecule has 1 aromatic heterocycles. The van der Waals surface area contributed by atoms with Gasteiger partial charge >= 0.3 is 0 Å². The highest BCUT2D eigenvalue weighted by atomic mass is 32.2. The van der Waals surface area contributed by atoms with E-state index >= 15 is 0 Å². The second-order valence-corrected chi connectivity index (χ2v) is 9.57. The molecular weight excluding hydrogens is 384 g/mol. The van der Waals surface area contributed by atoms with Crippen LogP contribution < -0.4 is 10.1 Å². The van der Waals surface area contributed by atoms with Gasteiger partial charge in [-0.3, -0.25) is 4.79 Å². The maximum Gasteiger partial charge on any atom is 0.261 e. The predicted octanol–water partition coefficient (Wildman–Crippen LogP) is 2.96. The molecule has 1 N–H and O–H groups in total. The summed E-state index contributed by atoms with van der Waals surface area (Å²) in [5.41, 5.74) is 1.90. The summed E-state index contributed by atoms with van der Waals surface area (Å²) < 4.78 is 33.0. The molecular formula is C19H24N2O4S2. The summed E-state index contributed by atoms with van der Waals surface area (Å²) in [4.78, 5) is 13.1. The van der Waals surface area contributed by atoms with Crippen LogP contribution in [0, 0.1) is 13.8 Å². The van der Waals surface area contributed by atoms with E-state index < -0.39 is 10.0 Å². The third kappa shape index (κ3) is 4.17. The number of sulfonamides is 1. The molecule has 0 bridgehead atoms. The van der Waals surface area contributed by atoms with Gasteiger partial charge in [-0.1, -0.05) is 6.07 Å². The SMILES string of the molecule is COc1cc(C)c(C)cc1S(=O)(=O)N1CCC(NC(=O)c2cccs2)CC1. The first-order valence-electron chi connectivity index (χ1n) is 8.82. The highest BCUT2D eigenvalue weighted by Crippen LogP contribution is 2.31. The fraction of sp³-hybridized carbons (Fsp3) is 0.421. The van der Waals surface area contributed by atoms with E-state index in [-0.39, 0.29) is 16.8 Å². The molecule has 8 heteroatoms. The molecule has 2 heterocycles. The number of amides is 1. The van der Waals surface area contributed by atoms with E-state index in [1.54, 1.807) is 18.2 Å². The lowest BCUT2D eigenvalue weighted by Crippen LogP contribution is -2.46. The summed E-state index contributed by atoms with van der Waals surface area (Å²) in [6.07, 6.45) is 1.17. The number of thiophene rings is 1. The fourth-order valence-electron chi connectivity index (χ4n) is 3.17. The molecule has 0 radical (unpaired) electrons. The summed E-state index contributed by atoms with van der Waals surface area (Å²) in [5, 5.41) is 4.86. The van der Waals surface area contributed by atoms with Crippen molar-refractivity contribution in [3.05, 3.63) is 45.6 Å². The number of benzene rings is 1. The number of nitrogens with one attached hydrogen (secondary N) is 1. The minimum atomic E-state index is -3.64. The van der Waals surface area contributed by atoms with Gasteiger partial charge in [0.05, 0.1) is 12.0 Å². The minimum absolute atomic E-state index is 0.0206. The Morgan fingerprint density at radius 1 is 1.22 bits per heavy atom. The Bertz CT molecular complexity index is 915. The molecule has 1 aromatic carbocycles. The molecule has 1 aliphatic heterocycles. The summed E-state index contributed by atoms with van der Waals surface area (Å²) in [6, 6.07) is 7.04. The minimum Gasteiger partial charge on any atom is -0.495 e. The van der Waals surface area contributed by atoms with Crippen molar-refractivity contribution in [1.82, 2.24) is 9.62 Å². The van der Waals surface area contributed by atoms with Crippen LogP contribution in [-0.2, 0) is 10.0 Å². The number of methoxy groups -OCH3 is 1. The van der Waals surface area contributed by atoms with Gasteiger partial charge in [0.2, 0.25) is 10.0 Å². The van der Waals surface area contributed by atoms with Crippen LogP contribution in [-0.4, -0.2) is 44.9 Å². The zero-order valence-corrected chi connectivity index (χ0v) is 17.3. The van der Waals surface area contributed by atoms with Gasteiger partial charge in [-0.2, -0.15) is 4.31 Å². The molecule has 0 saturated carbocycles. The molecule has 0 spiro atoms. The zero-order valence-electron chi connectivity index (χ0n) is 15.7. The zero-order chi connectivity index (χ0) is 19.6. The van der Waals surface area contributed by atoms with Crippen LogP contribution in [0.4, 0.5) is 0 Å². The number of aryl methyl sites for hydroxylation is 2. The van der Waals surface area contributed by atoms with Crippen molar-refractivity contribution in [2.24, 2.45) is 0 Å². The molecule has 1 saturated heterocycles.